The third kappa shape index (κ3) is 5.36. The molecular formula is C16H25O. The van der Waals surface area contributed by atoms with E-state index >= 15 is 0 Å². The van der Waals surface area contributed by atoms with Gasteiger partial charge in [0.25, 0.3) is 0 Å². The van der Waals surface area contributed by atoms with Crippen LogP contribution in [-0.2, 0) is 12.8 Å². The van der Waals surface area contributed by atoms with Crippen molar-refractivity contribution in [2.24, 2.45) is 0 Å². The first-order chi connectivity index (χ1) is 8.07. The lowest BCUT2D eigenvalue weighted by molar-refractivity contribution is 0.0490. The highest BCUT2D eigenvalue weighted by Crippen LogP contribution is 2.20. The SMILES string of the molecule is C[CH]Cc1cccc(CC(C)(O)CCCC)c1. The van der Waals surface area contributed by atoms with E-state index in [4.69, 9.17) is 0 Å². The summed E-state index contributed by atoms with van der Waals surface area (Å²) in [5, 5.41) is 10.3. The van der Waals surface area contributed by atoms with Gasteiger partial charge in [-0.25, -0.2) is 0 Å². The molecule has 0 aliphatic heterocycles. The van der Waals surface area contributed by atoms with E-state index in [1.54, 1.807) is 0 Å². The van der Waals surface area contributed by atoms with Crippen molar-refractivity contribution in [2.45, 2.75) is 58.5 Å². The average molecular weight is 233 g/mol. The Morgan fingerprint density at radius 2 is 2.00 bits per heavy atom. The van der Waals surface area contributed by atoms with Crippen molar-refractivity contribution in [2.75, 3.05) is 0 Å². The summed E-state index contributed by atoms with van der Waals surface area (Å²) in [6.07, 6.45) is 7.04. The van der Waals surface area contributed by atoms with Gasteiger partial charge in [0.15, 0.2) is 0 Å². The highest BCUT2D eigenvalue weighted by molar-refractivity contribution is 5.25. The molecule has 1 unspecified atom stereocenters. The van der Waals surface area contributed by atoms with E-state index in [9.17, 15) is 5.11 Å². The zero-order chi connectivity index (χ0) is 12.7. The fraction of sp³-hybridized carbons (Fsp3) is 0.562. The maximum absolute atomic E-state index is 10.3. The smallest absolute Gasteiger partial charge is 0.0660 e. The van der Waals surface area contributed by atoms with Gasteiger partial charge >= 0.3 is 0 Å². The number of unbranched alkanes of at least 4 members (excludes halogenated alkanes) is 1. The Labute approximate surface area is 106 Å². The van der Waals surface area contributed by atoms with E-state index in [2.05, 4.69) is 44.5 Å². The summed E-state index contributed by atoms with van der Waals surface area (Å²) in [6.45, 7) is 6.18. The molecule has 0 saturated carbocycles. The van der Waals surface area contributed by atoms with E-state index < -0.39 is 5.60 Å². The van der Waals surface area contributed by atoms with Crippen molar-refractivity contribution in [3.8, 4) is 0 Å². The van der Waals surface area contributed by atoms with Gasteiger partial charge in [-0.3, -0.25) is 0 Å². The second-order valence-electron chi connectivity index (χ2n) is 5.21. The molecule has 1 aromatic rings. The first-order valence-electron chi connectivity index (χ1n) is 6.65. The van der Waals surface area contributed by atoms with Gasteiger partial charge in [-0.05, 0) is 37.3 Å². The van der Waals surface area contributed by atoms with Gasteiger partial charge in [0.1, 0.15) is 0 Å². The summed E-state index contributed by atoms with van der Waals surface area (Å²) in [5.41, 5.74) is 2.01. The number of benzene rings is 1. The van der Waals surface area contributed by atoms with E-state index in [1.165, 1.54) is 11.1 Å². The molecule has 95 valence electrons. The van der Waals surface area contributed by atoms with Crippen LogP contribution in [-0.4, -0.2) is 10.7 Å². The molecule has 1 aromatic carbocycles. The lowest BCUT2D eigenvalue weighted by Crippen LogP contribution is -2.27. The zero-order valence-corrected chi connectivity index (χ0v) is 11.4. The molecule has 0 aliphatic carbocycles. The number of aliphatic hydroxyl groups is 1. The van der Waals surface area contributed by atoms with Gasteiger partial charge < -0.3 is 5.11 Å². The van der Waals surface area contributed by atoms with Crippen molar-refractivity contribution in [1.82, 2.24) is 0 Å². The predicted molar refractivity (Wildman–Crippen MR) is 74.0 cm³/mol. The maximum Gasteiger partial charge on any atom is 0.0660 e. The third-order valence-electron chi connectivity index (χ3n) is 3.09. The molecule has 0 heterocycles. The number of hydrogen-bond donors (Lipinski definition) is 1. The third-order valence-corrected chi connectivity index (χ3v) is 3.09. The highest BCUT2D eigenvalue weighted by atomic mass is 16.3. The minimum atomic E-state index is -0.565. The first-order valence-corrected chi connectivity index (χ1v) is 6.65. The lowest BCUT2D eigenvalue weighted by Gasteiger charge is -2.23. The van der Waals surface area contributed by atoms with Gasteiger partial charge in [0, 0.05) is 6.42 Å². The monoisotopic (exact) mass is 233 g/mol. The quantitative estimate of drug-likeness (QED) is 0.756. The fourth-order valence-electron chi connectivity index (χ4n) is 2.19. The van der Waals surface area contributed by atoms with Crippen LogP contribution in [0.3, 0.4) is 0 Å². The van der Waals surface area contributed by atoms with Crippen LogP contribution < -0.4 is 0 Å². The molecule has 0 aromatic heterocycles. The van der Waals surface area contributed by atoms with Gasteiger partial charge in [0.2, 0.25) is 0 Å². The number of hydrogen-bond acceptors (Lipinski definition) is 1. The summed E-state index contributed by atoms with van der Waals surface area (Å²) in [4.78, 5) is 0. The largest absolute Gasteiger partial charge is 0.390 e. The molecule has 1 N–H and O–H groups in total. The van der Waals surface area contributed by atoms with E-state index in [0.29, 0.717) is 0 Å². The zero-order valence-electron chi connectivity index (χ0n) is 11.4. The van der Waals surface area contributed by atoms with Crippen LogP contribution in [0.5, 0.6) is 0 Å². The van der Waals surface area contributed by atoms with Crippen molar-refractivity contribution < 1.29 is 5.11 Å². The summed E-state index contributed by atoms with van der Waals surface area (Å²) in [5.74, 6) is 0. The fourth-order valence-corrected chi connectivity index (χ4v) is 2.19. The summed E-state index contributed by atoms with van der Waals surface area (Å²) in [7, 11) is 0. The van der Waals surface area contributed by atoms with Gasteiger partial charge in [-0.2, -0.15) is 0 Å². The standard InChI is InChI=1S/C16H25O/c1-4-6-11-16(3,17)13-15-10-7-9-14(12-15)8-5-2/h5,7,9-10,12,17H,4,6,8,11,13H2,1-3H3. The van der Waals surface area contributed by atoms with E-state index in [-0.39, 0.29) is 0 Å². The Hall–Kier alpha value is -0.820. The van der Waals surface area contributed by atoms with Crippen molar-refractivity contribution in [3.05, 3.63) is 41.8 Å². The van der Waals surface area contributed by atoms with Crippen molar-refractivity contribution in [1.29, 1.82) is 0 Å². The summed E-state index contributed by atoms with van der Waals surface area (Å²) >= 11 is 0. The van der Waals surface area contributed by atoms with Crippen LogP contribution in [0.1, 0.15) is 51.2 Å². The summed E-state index contributed by atoms with van der Waals surface area (Å²) < 4.78 is 0. The van der Waals surface area contributed by atoms with Crippen LogP contribution >= 0.6 is 0 Å². The van der Waals surface area contributed by atoms with E-state index in [1.807, 2.05) is 6.92 Å². The predicted octanol–water partition coefficient (Wildman–Crippen LogP) is 3.94. The Balaban J connectivity index is 2.63. The molecule has 0 saturated heterocycles. The molecule has 1 atom stereocenters. The molecule has 0 fully saturated rings. The van der Waals surface area contributed by atoms with Crippen molar-refractivity contribution in [3.63, 3.8) is 0 Å². The second-order valence-corrected chi connectivity index (χ2v) is 5.21. The first kappa shape index (κ1) is 14.2. The Morgan fingerprint density at radius 3 is 2.65 bits per heavy atom. The Kier molecular flexibility index (Phi) is 5.70. The normalized spacial score (nSPS) is 14.6. The Morgan fingerprint density at radius 1 is 1.29 bits per heavy atom. The van der Waals surface area contributed by atoms with Crippen LogP contribution in [0, 0.1) is 6.42 Å². The molecule has 0 bridgehead atoms. The molecule has 0 amide bonds. The molecule has 1 rings (SSSR count). The molecule has 0 aliphatic rings. The van der Waals surface area contributed by atoms with Crippen LogP contribution in [0.4, 0.5) is 0 Å². The summed E-state index contributed by atoms with van der Waals surface area (Å²) in [6, 6.07) is 8.55. The van der Waals surface area contributed by atoms with Gasteiger partial charge in [-0.15, -0.1) is 0 Å². The molecule has 1 radical (unpaired) electrons. The minimum Gasteiger partial charge on any atom is -0.390 e. The maximum atomic E-state index is 10.3. The second kappa shape index (κ2) is 6.80. The number of rotatable bonds is 7. The van der Waals surface area contributed by atoms with Crippen molar-refractivity contribution >= 4 is 0 Å². The minimum absolute atomic E-state index is 0.565. The average Bonchev–Trinajstić information content (AvgIpc) is 2.27. The van der Waals surface area contributed by atoms with E-state index in [0.717, 1.165) is 32.1 Å². The highest BCUT2D eigenvalue weighted by Gasteiger charge is 2.19. The van der Waals surface area contributed by atoms with Gasteiger partial charge in [-0.1, -0.05) is 51.0 Å². The lowest BCUT2D eigenvalue weighted by atomic mass is 9.90. The van der Waals surface area contributed by atoms with Crippen LogP contribution in [0.25, 0.3) is 0 Å². The topological polar surface area (TPSA) is 20.2 Å². The molecule has 17 heavy (non-hydrogen) atoms. The molecular weight excluding hydrogens is 208 g/mol. The van der Waals surface area contributed by atoms with Crippen LogP contribution in [0.2, 0.25) is 0 Å². The molecule has 1 heteroatoms. The Bertz CT molecular complexity index is 328. The van der Waals surface area contributed by atoms with Gasteiger partial charge in [0.05, 0.1) is 5.60 Å². The van der Waals surface area contributed by atoms with Crippen LogP contribution in [0.15, 0.2) is 24.3 Å². The molecule has 0 spiro atoms. The molecule has 1 nitrogen and oxygen atoms in total.